The summed E-state index contributed by atoms with van der Waals surface area (Å²) in [4.78, 5) is 0. The Balaban J connectivity index is 1.22. The predicted molar refractivity (Wildman–Crippen MR) is 244 cm³/mol. The average Bonchev–Trinajstić information content (AvgIpc) is 3.66. The number of hydrogen-bond acceptors (Lipinski definition) is 7. The van der Waals surface area contributed by atoms with E-state index in [1.54, 1.807) is 14.2 Å². The van der Waals surface area contributed by atoms with E-state index in [9.17, 15) is 0 Å². The van der Waals surface area contributed by atoms with Gasteiger partial charge in [0, 0.05) is 6.61 Å². The normalized spacial score (nSPS) is 18.5. The quantitative estimate of drug-likeness (QED) is 0.0644. The lowest BCUT2D eigenvalue weighted by atomic mass is 9.92. The molecule has 4 atom stereocenters. The molecule has 0 unspecified atom stereocenters. The molecule has 0 aromatic heterocycles. The molecule has 0 N–H and O–H groups in total. The molecule has 0 amide bonds. The summed E-state index contributed by atoms with van der Waals surface area (Å²) in [6.07, 6.45) is 3.74. The topological polar surface area (TPSA) is 64.6 Å². The fraction of sp³-hybridized carbons (Fsp3) is 0.423. The summed E-state index contributed by atoms with van der Waals surface area (Å²) in [5.41, 5.74) is 2.40. The van der Waals surface area contributed by atoms with Gasteiger partial charge in [-0.15, -0.1) is 0 Å². The zero-order valence-electron chi connectivity index (χ0n) is 36.9. The summed E-state index contributed by atoms with van der Waals surface area (Å²) in [5, 5.41) is 2.41. The Morgan fingerprint density at radius 2 is 1.17 bits per heavy atom. The maximum Gasteiger partial charge on any atom is 0.261 e. The van der Waals surface area contributed by atoms with E-state index in [0.29, 0.717) is 39.5 Å². The highest BCUT2D eigenvalue weighted by atomic mass is 28.4. The number of benzene rings is 5. The lowest BCUT2D eigenvalue weighted by molar-refractivity contribution is -0.138. The molecule has 1 aliphatic heterocycles. The molecule has 5 aromatic rings. The van der Waals surface area contributed by atoms with Crippen molar-refractivity contribution >= 4 is 18.7 Å². The van der Waals surface area contributed by atoms with E-state index in [4.69, 9.17) is 32.8 Å². The van der Waals surface area contributed by atoms with Crippen molar-refractivity contribution in [3.8, 4) is 11.5 Å². The molecule has 1 saturated heterocycles. The van der Waals surface area contributed by atoms with Gasteiger partial charge < -0.3 is 32.8 Å². The second-order valence-electron chi connectivity index (χ2n) is 17.7. The van der Waals surface area contributed by atoms with Crippen molar-refractivity contribution in [1.29, 1.82) is 0 Å². The van der Waals surface area contributed by atoms with Gasteiger partial charge in [-0.2, -0.15) is 0 Å². The summed E-state index contributed by atoms with van der Waals surface area (Å²) in [6, 6.07) is 48.2. The van der Waals surface area contributed by atoms with E-state index in [-0.39, 0.29) is 17.2 Å². The lowest BCUT2D eigenvalue weighted by Crippen LogP contribution is -2.66. The van der Waals surface area contributed by atoms with Crippen LogP contribution >= 0.6 is 0 Å². The van der Waals surface area contributed by atoms with Crippen LogP contribution in [-0.4, -0.2) is 59.2 Å². The van der Waals surface area contributed by atoms with Crippen LogP contribution in [0.5, 0.6) is 11.5 Å². The van der Waals surface area contributed by atoms with Crippen molar-refractivity contribution in [2.75, 3.05) is 27.4 Å². The third-order valence-corrected chi connectivity index (χ3v) is 17.1. The summed E-state index contributed by atoms with van der Waals surface area (Å²) in [7, 11) is 0.624. The van der Waals surface area contributed by atoms with E-state index in [0.717, 1.165) is 53.9 Å². The van der Waals surface area contributed by atoms with Crippen LogP contribution in [0.4, 0.5) is 0 Å². The van der Waals surface area contributed by atoms with Crippen LogP contribution in [0.25, 0.3) is 0 Å². The molecule has 8 heteroatoms. The van der Waals surface area contributed by atoms with Gasteiger partial charge in [0.05, 0.1) is 64.1 Å². The molecule has 1 fully saturated rings. The molecule has 0 bridgehead atoms. The highest BCUT2D eigenvalue weighted by Gasteiger charge is 2.50. The molecule has 60 heavy (non-hydrogen) atoms. The minimum absolute atomic E-state index is 0.0900. The number of rotatable bonds is 22. The predicted octanol–water partition coefficient (Wildman–Crippen LogP) is 10.5. The minimum Gasteiger partial charge on any atom is -0.497 e. The van der Waals surface area contributed by atoms with Crippen molar-refractivity contribution < 1.29 is 32.8 Å². The third kappa shape index (κ3) is 12.0. The Morgan fingerprint density at radius 1 is 0.650 bits per heavy atom. The van der Waals surface area contributed by atoms with Crippen LogP contribution in [0.15, 0.2) is 140 Å². The smallest absolute Gasteiger partial charge is 0.261 e. The molecular formula is C52H66O7Si. The summed E-state index contributed by atoms with van der Waals surface area (Å²) in [5.74, 6) is 1.65. The van der Waals surface area contributed by atoms with Gasteiger partial charge in [0.1, 0.15) is 11.5 Å². The summed E-state index contributed by atoms with van der Waals surface area (Å²) in [6.45, 7) is 13.9. The van der Waals surface area contributed by atoms with Crippen LogP contribution in [0.3, 0.4) is 0 Å². The van der Waals surface area contributed by atoms with Gasteiger partial charge in [-0.3, -0.25) is 0 Å². The van der Waals surface area contributed by atoms with Crippen LogP contribution in [0.1, 0.15) is 83.4 Å². The molecule has 1 heterocycles. The van der Waals surface area contributed by atoms with Crippen molar-refractivity contribution in [3.63, 3.8) is 0 Å². The fourth-order valence-electron chi connectivity index (χ4n) is 8.44. The SMILES string of the molecule is COc1ccc(CO[C@H](CC[C@@](C)(CCO[Si](c2ccccc2)(c2ccccc2)C(C)(C)C)OCc2ccc(OC)cc2)[C@H]2CC[C@](C)(COCc3ccccc3)O2)cc1. The molecule has 0 radical (unpaired) electrons. The Kier molecular flexibility index (Phi) is 15.8. The molecule has 320 valence electrons. The van der Waals surface area contributed by atoms with Gasteiger partial charge in [-0.1, -0.05) is 136 Å². The molecule has 1 aliphatic rings. The van der Waals surface area contributed by atoms with E-state index < -0.39 is 19.5 Å². The molecule has 6 rings (SSSR count). The average molecular weight is 831 g/mol. The summed E-state index contributed by atoms with van der Waals surface area (Å²) >= 11 is 0. The molecule has 0 saturated carbocycles. The summed E-state index contributed by atoms with van der Waals surface area (Å²) < 4.78 is 45.3. The van der Waals surface area contributed by atoms with Crippen molar-refractivity contribution in [3.05, 3.63) is 156 Å². The molecule has 5 aromatic carbocycles. The molecular weight excluding hydrogens is 765 g/mol. The van der Waals surface area contributed by atoms with E-state index >= 15 is 0 Å². The molecule has 0 aliphatic carbocycles. The second-order valence-corrected chi connectivity index (χ2v) is 22.0. The van der Waals surface area contributed by atoms with Crippen molar-refractivity contribution in [1.82, 2.24) is 0 Å². The van der Waals surface area contributed by atoms with E-state index in [2.05, 4.69) is 132 Å². The first-order valence-corrected chi connectivity index (χ1v) is 23.4. The van der Waals surface area contributed by atoms with Gasteiger partial charge in [-0.25, -0.2) is 0 Å². The largest absolute Gasteiger partial charge is 0.497 e. The van der Waals surface area contributed by atoms with Gasteiger partial charge in [-0.05, 0) is 102 Å². The highest BCUT2D eigenvalue weighted by Crippen LogP contribution is 2.39. The molecule has 0 spiro atoms. The van der Waals surface area contributed by atoms with Crippen molar-refractivity contribution in [2.24, 2.45) is 0 Å². The Labute approximate surface area is 360 Å². The molecule has 7 nitrogen and oxygen atoms in total. The third-order valence-electron chi connectivity index (χ3n) is 12.0. The zero-order chi connectivity index (χ0) is 42.5. The Bertz CT molecular complexity index is 1950. The van der Waals surface area contributed by atoms with Gasteiger partial charge >= 0.3 is 0 Å². The van der Waals surface area contributed by atoms with Gasteiger partial charge in [0.25, 0.3) is 8.32 Å². The van der Waals surface area contributed by atoms with E-state index in [1.807, 2.05) is 42.5 Å². The van der Waals surface area contributed by atoms with Crippen LogP contribution in [0.2, 0.25) is 5.04 Å². The zero-order valence-corrected chi connectivity index (χ0v) is 37.9. The Hall–Kier alpha value is -4.28. The maximum absolute atomic E-state index is 7.43. The Morgan fingerprint density at radius 3 is 1.70 bits per heavy atom. The van der Waals surface area contributed by atoms with Gasteiger partial charge in [0.15, 0.2) is 0 Å². The number of methoxy groups -OCH3 is 2. The minimum atomic E-state index is -2.75. The first-order valence-electron chi connectivity index (χ1n) is 21.5. The second kappa shape index (κ2) is 21.0. The highest BCUT2D eigenvalue weighted by molar-refractivity contribution is 6.99. The van der Waals surface area contributed by atoms with Gasteiger partial charge in [0.2, 0.25) is 0 Å². The van der Waals surface area contributed by atoms with E-state index in [1.165, 1.54) is 10.4 Å². The number of ether oxygens (including phenoxy) is 6. The number of hydrogen-bond donors (Lipinski definition) is 0. The van der Waals surface area contributed by atoms with Crippen molar-refractivity contribution in [2.45, 2.75) is 115 Å². The standard InChI is InChI=1S/C52H66O7Si/c1-50(2,3)60(46-19-13-9-14-20-46,47-21-15-10-16-22-47)58-36-35-51(4,57-39-43-25-29-45(54-7)30-26-43)33-31-48(56-38-42-23-27-44(53-6)28-24-42)49-32-34-52(5,59-49)40-55-37-41-17-11-8-12-18-41/h8-30,48-49H,31-40H2,1-7H3/t48-,49-,51+,52-/m1/s1. The van der Waals surface area contributed by atoms with Crippen LogP contribution in [-0.2, 0) is 43.2 Å². The fourth-order valence-corrected chi connectivity index (χ4v) is 13.0. The maximum atomic E-state index is 7.43. The van der Waals surface area contributed by atoms with Crippen LogP contribution in [0, 0.1) is 0 Å². The van der Waals surface area contributed by atoms with Crippen LogP contribution < -0.4 is 19.8 Å². The lowest BCUT2D eigenvalue weighted by Gasteiger charge is -2.44. The first kappa shape index (κ1) is 45.2. The monoisotopic (exact) mass is 830 g/mol. The first-order chi connectivity index (χ1) is 28.9.